The molecule has 3 N–H and O–H groups in total. The molecule has 1 heterocycles. The largest absolute Gasteiger partial charge is 0.493 e. The molecule has 3 rings (SSSR count). The van der Waals surface area contributed by atoms with Crippen molar-refractivity contribution in [3.05, 3.63) is 70.9 Å². The van der Waals surface area contributed by atoms with E-state index in [0.29, 0.717) is 47.1 Å². The van der Waals surface area contributed by atoms with Crippen LogP contribution < -0.4 is 35.0 Å². The molecule has 0 unspecified atom stereocenters. The lowest BCUT2D eigenvalue weighted by molar-refractivity contribution is -0.139. The third-order valence-corrected chi connectivity index (χ3v) is 6.07. The number of hydrogen-bond donors (Lipinski definition) is 3. The van der Waals surface area contributed by atoms with Crippen molar-refractivity contribution in [3.8, 4) is 23.0 Å². The highest BCUT2D eigenvalue weighted by molar-refractivity contribution is 5.95. The highest BCUT2D eigenvalue weighted by Crippen LogP contribution is 2.35. The van der Waals surface area contributed by atoms with Gasteiger partial charge in [0.2, 0.25) is 0 Å². The van der Waals surface area contributed by atoms with Gasteiger partial charge in [-0.2, -0.15) is 5.10 Å². The van der Waals surface area contributed by atoms with E-state index in [4.69, 9.17) is 23.7 Å². The number of carbonyl (C=O) groups excluding carboxylic acids is 3. The summed E-state index contributed by atoms with van der Waals surface area (Å²) in [6.07, 6.45) is 3.82. The number of benzene rings is 2. The smallest absolute Gasteiger partial charge is 0.338 e. The van der Waals surface area contributed by atoms with Crippen molar-refractivity contribution in [1.82, 2.24) is 16.1 Å². The van der Waals surface area contributed by atoms with Crippen LogP contribution in [0.25, 0.3) is 0 Å². The number of nitrogens with one attached hydrogen (secondary N) is 3. The van der Waals surface area contributed by atoms with Crippen LogP contribution in [0.3, 0.4) is 0 Å². The maximum absolute atomic E-state index is 12.6. The summed E-state index contributed by atoms with van der Waals surface area (Å²) >= 11 is 0. The molecule has 3 amide bonds. The SMILES string of the molecule is C=CCc1cc(/C=N\NC(=O)COc2ccc([C@@H]3NC(=O)NC(C)=C3C(=O)OCC)cc2OC)cc(OC)c1OCC. The monoisotopic (exact) mass is 580 g/mol. The van der Waals surface area contributed by atoms with Crippen LogP contribution in [0.15, 0.2) is 59.4 Å². The van der Waals surface area contributed by atoms with Crippen molar-refractivity contribution in [3.63, 3.8) is 0 Å². The Morgan fingerprint density at radius 1 is 1.05 bits per heavy atom. The number of hydrogen-bond acceptors (Lipinski definition) is 9. The molecule has 0 spiro atoms. The highest BCUT2D eigenvalue weighted by Gasteiger charge is 2.32. The van der Waals surface area contributed by atoms with Gasteiger partial charge in [0, 0.05) is 11.3 Å². The fraction of sp³-hybridized carbons (Fsp3) is 0.333. The van der Waals surface area contributed by atoms with E-state index in [2.05, 4.69) is 27.7 Å². The molecule has 0 fully saturated rings. The second-order valence-electron chi connectivity index (χ2n) is 8.92. The first kappa shape index (κ1) is 31.5. The number of urea groups is 1. The van der Waals surface area contributed by atoms with Crippen molar-refractivity contribution in [2.75, 3.05) is 34.0 Å². The molecule has 1 aliphatic rings. The fourth-order valence-electron chi connectivity index (χ4n) is 4.29. The summed E-state index contributed by atoms with van der Waals surface area (Å²) in [5.74, 6) is 0.713. The van der Waals surface area contributed by atoms with E-state index in [9.17, 15) is 14.4 Å². The predicted octanol–water partition coefficient (Wildman–Crippen LogP) is 3.55. The average molecular weight is 581 g/mol. The number of methoxy groups -OCH3 is 2. The maximum atomic E-state index is 12.6. The molecule has 12 heteroatoms. The molecule has 12 nitrogen and oxygen atoms in total. The van der Waals surface area contributed by atoms with Crippen LogP contribution in [-0.2, 0) is 20.7 Å². The number of ether oxygens (including phenoxy) is 5. The van der Waals surface area contributed by atoms with Crippen molar-refractivity contribution in [2.24, 2.45) is 5.10 Å². The van der Waals surface area contributed by atoms with Crippen LogP contribution >= 0.6 is 0 Å². The molecule has 0 aromatic heterocycles. The minimum atomic E-state index is -0.772. The molecule has 0 saturated heterocycles. The molecule has 1 atom stereocenters. The number of rotatable bonds is 14. The zero-order chi connectivity index (χ0) is 30.6. The van der Waals surface area contributed by atoms with E-state index in [0.717, 1.165) is 5.56 Å². The molecule has 1 aliphatic heterocycles. The van der Waals surface area contributed by atoms with E-state index in [-0.39, 0.29) is 24.5 Å². The Morgan fingerprint density at radius 3 is 2.48 bits per heavy atom. The Labute approximate surface area is 244 Å². The Morgan fingerprint density at radius 2 is 1.81 bits per heavy atom. The van der Waals surface area contributed by atoms with Crippen LogP contribution in [-0.4, -0.2) is 58.2 Å². The lowest BCUT2D eigenvalue weighted by Crippen LogP contribution is -2.45. The third-order valence-electron chi connectivity index (χ3n) is 6.07. The number of esters is 1. The van der Waals surface area contributed by atoms with Crippen molar-refractivity contribution in [1.29, 1.82) is 0 Å². The number of hydrazone groups is 1. The maximum Gasteiger partial charge on any atom is 0.338 e. The molecular formula is C30H36N4O8. The first-order valence-corrected chi connectivity index (χ1v) is 13.3. The quantitative estimate of drug-likeness (QED) is 0.133. The first-order chi connectivity index (χ1) is 20.3. The molecule has 0 bridgehead atoms. The topological polar surface area (TPSA) is 146 Å². The minimum absolute atomic E-state index is 0.184. The average Bonchev–Trinajstić information content (AvgIpc) is 2.96. The Balaban J connectivity index is 1.69. The molecular weight excluding hydrogens is 544 g/mol. The predicted molar refractivity (Wildman–Crippen MR) is 156 cm³/mol. The molecule has 2 aromatic carbocycles. The molecule has 2 aromatic rings. The standard InChI is InChI=1S/C30H36N4O8/c1-7-10-21-13-19(14-24(39-6)28(21)40-8-2)16-31-34-25(35)17-42-22-12-11-20(15-23(22)38-5)27-26(29(36)41-9-3)18(4)32-30(37)33-27/h7,11-16,27H,1,8-10,17H2,2-6H3,(H,34,35)(H2,32,33,37)/b31-16-/t27-/m0/s1. The van der Waals surface area contributed by atoms with Gasteiger partial charge in [0.05, 0.1) is 45.3 Å². The van der Waals surface area contributed by atoms with E-state index in [1.807, 2.05) is 13.0 Å². The van der Waals surface area contributed by atoms with Gasteiger partial charge in [0.1, 0.15) is 0 Å². The Kier molecular flexibility index (Phi) is 11.4. The van der Waals surface area contributed by atoms with Crippen LogP contribution in [0, 0.1) is 0 Å². The first-order valence-electron chi connectivity index (χ1n) is 13.3. The molecule has 42 heavy (non-hydrogen) atoms. The van der Waals surface area contributed by atoms with Gasteiger partial charge in [-0.3, -0.25) is 4.79 Å². The van der Waals surface area contributed by atoms with Gasteiger partial charge in [0.25, 0.3) is 5.91 Å². The summed E-state index contributed by atoms with van der Waals surface area (Å²) in [4.78, 5) is 37.2. The summed E-state index contributed by atoms with van der Waals surface area (Å²) in [5.41, 5.74) is 5.22. The van der Waals surface area contributed by atoms with Gasteiger partial charge in [-0.05, 0) is 62.6 Å². The molecule has 0 radical (unpaired) electrons. The summed E-state index contributed by atoms with van der Waals surface area (Å²) in [5, 5.41) is 9.35. The molecule has 0 aliphatic carbocycles. The summed E-state index contributed by atoms with van der Waals surface area (Å²) in [7, 11) is 2.99. The van der Waals surface area contributed by atoms with E-state index in [1.165, 1.54) is 13.3 Å². The van der Waals surface area contributed by atoms with Gasteiger partial charge in [-0.1, -0.05) is 12.1 Å². The molecule has 224 valence electrons. The van der Waals surface area contributed by atoms with Crippen molar-refractivity contribution >= 4 is 24.1 Å². The Bertz CT molecular complexity index is 1390. The third kappa shape index (κ3) is 7.80. The van der Waals surface area contributed by atoms with E-state index in [1.54, 1.807) is 51.3 Å². The van der Waals surface area contributed by atoms with Gasteiger partial charge >= 0.3 is 12.0 Å². The number of nitrogens with zero attached hydrogens (tertiary/aromatic N) is 1. The van der Waals surface area contributed by atoms with E-state index >= 15 is 0 Å². The summed E-state index contributed by atoms with van der Waals surface area (Å²) in [6, 6.07) is 7.28. The number of amides is 3. The second-order valence-corrected chi connectivity index (χ2v) is 8.92. The normalized spacial score (nSPS) is 14.5. The number of carbonyl (C=O) groups is 3. The Hall–Kier alpha value is -5.00. The molecule has 0 saturated carbocycles. The van der Waals surface area contributed by atoms with Crippen LogP contribution in [0.5, 0.6) is 23.0 Å². The van der Waals surface area contributed by atoms with Gasteiger partial charge in [-0.15, -0.1) is 6.58 Å². The van der Waals surface area contributed by atoms with Gasteiger partial charge < -0.3 is 34.3 Å². The van der Waals surface area contributed by atoms with Crippen molar-refractivity contribution < 1.29 is 38.1 Å². The lowest BCUT2D eigenvalue weighted by Gasteiger charge is -2.28. The van der Waals surface area contributed by atoms with E-state index < -0.39 is 23.9 Å². The van der Waals surface area contributed by atoms with Crippen LogP contribution in [0.2, 0.25) is 0 Å². The van der Waals surface area contributed by atoms with Gasteiger partial charge in [0.15, 0.2) is 29.6 Å². The highest BCUT2D eigenvalue weighted by atomic mass is 16.5. The summed E-state index contributed by atoms with van der Waals surface area (Å²) < 4.78 is 27.5. The van der Waals surface area contributed by atoms with Gasteiger partial charge in [-0.25, -0.2) is 15.0 Å². The van der Waals surface area contributed by atoms with Crippen molar-refractivity contribution in [2.45, 2.75) is 33.2 Å². The second kappa shape index (κ2) is 15.1. The van der Waals surface area contributed by atoms with Crippen LogP contribution in [0.4, 0.5) is 4.79 Å². The fourth-order valence-corrected chi connectivity index (χ4v) is 4.29. The zero-order valence-corrected chi connectivity index (χ0v) is 24.4. The minimum Gasteiger partial charge on any atom is -0.493 e. The summed E-state index contributed by atoms with van der Waals surface area (Å²) in [6.45, 7) is 9.32. The zero-order valence-electron chi connectivity index (χ0n) is 24.4. The van der Waals surface area contributed by atoms with Crippen LogP contribution in [0.1, 0.15) is 43.5 Å². The number of allylic oxidation sites excluding steroid dienone is 2. The lowest BCUT2D eigenvalue weighted by atomic mass is 9.95.